The molecule has 1 fully saturated rings. The molecule has 34 heavy (non-hydrogen) atoms. The molecule has 174 valence electrons. The van der Waals surface area contributed by atoms with Gasteiger partial charge in [-0.2, -0.15) is 0 Å². The van der Waals surface area contributed by atoms with Crippen molar-refractivity contribution in [1.82, 2.24) is 0 Å². The smallest absolute Gasteiger partial charge is 0.300 e. The topological polar surface area (TPSA) is 96.3 Å². The lowest BCUT2D eigenvalue weighted by molar-refractivity contribution is -0.132. The number of phenolic OH excluding ortho intramolecular Hbond substituents is 1. The third kappa shape index (κ3) is 4.04. The molecular formula is C25H19Cl2NO6. The highest BCUT2D eigenvalue weighted by Crippen LogP contribution is 2.45. The van der Waals surface area contributed by atoms with E-state index in [1.807, 2.05) is 0 Å². The van der Waals surface area contributed by atoms with Crippen LogP contribution in [0.3, 0.4) is 0 Å². The number of nitrogens with zero attached hydrogens (tertiary/aromatic N) is 1. The van der Waals surface area contributed by atoms with E-state index in [1.54, 1.807) is 30.3 Å². The predicted octanol–water partition coefficient (Wildman–Crippen LogP) is 5.34. The first-order chi connectivity index (χ1) is 16.3. The summed E-state index contributed by atoms with van der Waals surface area (Å²) in [6.45, 7) is 0. The first-order valence-corrected chi connectivity index (χ1v) is 10.8. The lowest BCUT2D eigenvalue weighted by Crippen LogP contribution is -2.29. The van der Waals surface area contributed by atoms with Gasteiger partial charge in [0.15, 0.2) is 0 Å². The van der Waals surface area contributed by atoms with Gasteiger partial charge in [0, 0.05) is 11.3 Å². The van der Waals surface area contributed by atoms with Crippen LogP contribution in [0.1, 0.15) is 17.2 Å². The number of carbonyl (C=O) groups excluding carboxylic acids is 2. The maximum atomic E-state index is 13.2. The quantitative estimate of drug-likeness (QED) is 0.279. The Morgan fingerprint density at radius 2 is 1.71 bits per heavy atom. The first-order valence-electron chi connectivity index (χ1n) is 10.0. The Morgan fingerprint density at radius 1 is 0.941 bits per heavy atom. The van der Waals surface area contributed by atoms with Gasteiger partial charge in [0.25, 0.3) is 11.7 Å². The summed E-state index contributed by atoms with van der Waals surface area (Å²) in [5, 5.41) is 21.7. The third-order valence-corrected chi connectivity index (χ3v) is 6.10. The predicted molar refractivity (Wildman–Crippen MR) is 129 cm³/mol. The minimum atomic E-state index is -1.07. The van der Waals surface area contributed by atoms with Crippen LogP contribution in [0.25, 0.3) is 5.76 Å². The van der Waals surface area contributed by atoms with Crippen molar-refractivity contribution in [1.29, 1.82) is 0 Å². The molecule has 1 atom stereocenters. The Balaban J connectivity index is 1.98. The summed E-state index contributed by atoms with van der Waals surface area (Å²) in [6.07, 6.45) is 0. The van der Waals surface area contributed by atoms with Crippen LogP contribution >= 0.6 is 23.2 Å². The number of benzene rings is 3. The number of rotatable bonds is 5. The molecule has 1 saturated heterocycles. The van der Waals surface area contributed by atoms with Gasteiger partial charge in [-0.3, -0.25) is 14.5 Å². The van der Waals surface area contributed by atoms with Crippen molar-refractivity contribution in [3.05, 3.63) is 87.4 Å². The molecule has 9 heteroatoms. The summed E-state index contributed by atoms with van der Waals surface area (Å²) < 4.78 is 10.4. The van der Waals surface area contributed by atoms with Gasteiger partial charge >= 0.3 is 0 Å². The van der Waals surface area contributed by atoms with Gasteiger partial charge in [-0.25, -0.2) is 0 Å². The molecule has 3 aromatic rings. The van der Waals surface area contributed by atoms with Gasteiger partial charge in [-0.15, -0.1) is 0 Å². The van der Waals surface area contributed by atoms with E-state index in [1.165, 1.54) is 49.5 Å². The molecule has 4 rings (SSSR count). The number of hydrogen-bond acceptors (Lipinski definition) is 6. The second kappa shape index (κ2) is 9.29. The number of halogens is 2. The number of Topliss-reactive ketones (excluding diaryl/α,β-unsaturated/α-hetero) is 1. The van der Waals surface area contributed by atoms with Crippen molar-refractivity contribution in [2.24, 2.45) is 0 Å². The van der Waals surface area contributed by atoms with Crippen LogP contribution in [-0.4, -0.2) is 36.1 Å². The van der Waals surface area contributed by atoms with E-state index in [-0.39, 0.29) is 26.9 Å². The van der Waals surface area contributed by atoms with Crippen LogP contribution in [-0.2, 0) is 9.59 Å². The van der Waals surface area contributed by atoms with Crippen LogP contribution in [0, 0.1) is 0 Å². The highest BCUT2D eigenvalue weighted by molar-refractivity contribution is 6.52. The summed E-state index contributed by atoms with van der Waals surface area (Å²) >= 11 is 12.6. The van der Waals surface area contributed by atoms with Gasteiger partial charge in [0.2, 0.25) is 0 Å². The Labute approximate surface area is 205 Å². The SMILES string of the molecule is COc1ccc(Cl)c(/C(O)=C2\C(=O)C(=O)N(c3ccc(OC)c(Cl)c3)C2c2cccc(O)c2)c1. The number of methoxy groups -OCH3 is 2. The summed E-state index contributed by atoms with van der Waals surface area (Å²) in [7, 11) is 2.91. The fourth-order valence-corrected chi connectivity index (χ4v) is 4.33. The van der Waals surface area contributed by atoms with Gasteiger partial charge in [-0.05, 0) is 54.1 Å². The lowest BCUT2D eigenvalue weighted by atomic mass is 9.95. The molecule has 7 nitrogen and oxygen atoms in total. The van der Waals surface area contributed by atoms with E-state index in [9.17, 15) is 19.8 Å². The van der Waals surface area contributed by atoms with Gasteiger partial charge in [-0.1, -0.05) is 35.3 Å². The van der Waals surface area contributed by atoms with E-state index in [0.29, 0.717) is 22.7 Å². The number of ketones is 1. The first kappa shape index (κ1) is 23.5. The lowest BCUT2D eigenvalue weighted by Gasteiger charge is -2.26. The number of aromatic hydroxyl groups is 1. The van der Waals surface area contributed by atoms with E-state index in [4.69, 9.17) is 32.7 Å². The highest BCUT2D eigenvalue weighted by atomic mass is 35.5. The maximum Gasteiger partial charge on any atom is 0.300 e. The number of hydrogen-bond donors (Lipinski definition) is 2. The van der Waals surface area contributed by atoms with Gasteiger partial charge in [0.1, 0.15) is 23.0 Å². The van der Waals surface area contributed by atoms with Crippen LogP contribution in [0.2, 0.25) is 10.0 Å². The number of carbonyl (C=O) groups is 2. The fraction of sp³-hybridized carbons (Fsp3) is 0.120. The Hall–Kier alpha value is -3.68. The molecule has 0 radical (unpaired) electrons. The minimum absolute atomic E-state index is 0.0738. The zero-order valence-electron chi connectivity index (χ0n) is 18.1. The molecule has 1 amide bonds. The highest BCUT2D eigenvalue weighted by Gasteiger charge is 2.47. The van der Waals surface area contributed by atoms with Gasteiger partial charge in [0.05, 0.1) is 35.9 Å². The summed E-state index contributed by atoms with van der Waals surface area (Å²) in [4.78, 5) is 27.7. The number of aliphatic hydroxyl groups is 1. The fourth-order valence-electron chi connectivity index (χ4n) is 3.87. The van der Waals surface area contributed by atoms with Crippen LogP contribution in [0.4, 0.5) is 5.69 Å². The summed E-state index contributed by atoms with van der Waals surface area (Å²) in [5.41, 5.74) is 0.623. The molecule has 0 bridgehead atoms. The van der Waals surface area contributed by atoms with E-state index in [2.05, 4.69) is 0 Å². The van der Waals surface area contributed by atoms with Crippen molar-refractivity contribution in [3.8, 4) is 17.2 Å². The summed E-state index contributed by atoms with van der Waals surface area (Å²) in [5.74, 6) is -1.56. The normalized spacial score (nSPS) is 17.2. The van der Waals surface area contributed by atoms with E-state index < -0.39 is 23.5 Å². The Morgan fingerprint density at radius 3 is 2.35 bits per heavy atom. The maximum absolute atomic E-state index is 13.2. The van der Waals surface area contributed by atoms with Crippen molar-refractivity contribution >= 4 is 46.3 Å². The van der Waals surface area contributed by atoms with Crippen molar-refractivity contribution < 1.29 is 29.3 Å². The second-order valence-corrected chi connectivity index (χ2v) is 8.24. The second-order valence-electron chi connectivity index (χ2n) is 7.43. The number of ether oxygens (including phenoxy) is 2. The molecule has 1 heterocycles. The van der Waals surface area contributed by atoms with Crippen molar-refractivity contribution in [2.45, 2.75) is 6.04 Å². The molecule has 3 aromatic carbocycles. The van der Waals surface area contributed by atoms with E-state index >= 15 is 0 Å². The zero-order valence-corrected chi connectivity index (χ0v) is 19.6. The third-order valence-electron chi connectivity index (χ3n) is 5.47. The molecule has 1 aliphatic heterocycles. The standard InChI is InChI=1S/C25H19Cl2NO6/c1-33-16-7-8-18(26)17(12-16)23(30)21-22(13-4-3-5-15(29)10-13)28(25(32)24(21)31)14-6-9-20(34-2)19(27)11-14/h3-12,22,29-30H,1-2H3/b23-21+. The molecule has 2 N–H and O–H groups in total. The number of aliphatic hydroxyl groups excluding tert-OH is 1. The monoisotopic (exact) mass is 499 g/mol. The zero-order chi connectivity index (χ0) is 24.6. The largest absolute Gasteiger partial charge is 0.508 e. The average Bonchev–Trinajstić information content (AvgIpc) is 3.09. The average molecular weight is 500 g/mol. The number of amides is 1. The van der Waals surface area contributed by atoms with Crippen LogP contribution < -0.4 is 14.4 Å². The molecule has 0 aliphatic carbocycles. The van der Waals surface area contributed by atoms with E-state index in [0.717, 1.165) is 0 Å². The van der Waals surface area contributed by atoms with Gasteiger partial charge < -0.3 is 19.7 Å². The molecule has 1 unspecified atom stereocenters. The van der Waals surface area contributed by atoms with Crippen LogP contribution in [0.5, 0.6) is 17.2 Å². The molecule has 0 aromatic heterocycles. The summed E-state index contributed by atoms with van der Waals surface area (Å²) in [6, 6.07) is 14.2. The van der Waals surface area contributed by atoms with Crippen molar-refractivity contribution in [2.75, 3.05) is 19.1 Å². The molecule has 0 spiro atoms. The minimum Gasteiger partial charge on any atom is -0.508 e. The molecule has 0 saturated carbocycles. The Bertz CT molecular complexity index is 1340. The number of anilines is 1. The Kier molecular flexibility index (Phi) is 6.41. The molecular weight excluding hydrogens is 481 g/mol. The van der Waals surface area contributed by atoms with Crippen molar-refractivity contribution in [3.63, 3.8) is 0 Å². The molecule has 1 aliphatic rings. The number of phenols is 1. The van der Waals surface area contributed by atoms with Crippen LogP contribution in [0.15, 0.2) is 66.2 Å².